The summed E-state index contributed by atoms with van der Waals surface area (Å²) in [4.78, 5) is 0. The number of anilines is 1. The van der Waals surface area contributed by atoms with E-state index in [-0.39, 0.29) is 0 Å². The van der Waals surface area contributed by atoms with Gasteiger partial charge in [-0.1, -0.05) is 0 Å². The zero-order valence-corrected chi connectivity index (χ0v) is 8.50. The van der Waals surface area contributed by atoms with E-state index in [1.54, 1.807) is 0 Å². The molecule has 2 heterocycles. The Hall–Kier alpha value is -1.78. The molecule has 0 unspecified atom stereocenters. The third-order valence-corrected chi connectivity index (χ3v) is 2.38. The summed E-state index contributed by atoms with van der Waals surface area (Å²) < 4.78 is 1.85. The molecule has 0 aliphatic carbocycles. The highest BCUT2D eigenvalue weighted by Gasteiger charge is 2.12. The van der Waals surface area contributed by atoms with Gasteiger partial charge in [0, 0.05) is 24.4 Å². The zero-order valence-electron chi connectivity index (χ0n) is 8.50. The smallest absolute Gasteiger partial charge is 0.145 e. The highest BCUT2D eigenvalue weighted by Crippen LogP contribution is 2.25. The predicted octanol–water partition coefficient (Wildman–Crippen LogP) is 1.01. The first-order valence-corrected chi connectivity index (χ1v) is 4.41. The minimum Gasteiger partial charge on any atom is -0.382 e. The van der Waals surface area contributed by atoms with Crippen molar-refractivity contribution in [3.05, 3.63) is 17.5 Å². The molecule has 0 atom stereocenters. The van der Waals surface area contributed by atoms with Crippen LogP contribution in [-0.4, -0.2) is 20.0 Å². The van der Waals surface area contributed by atoms with Crippen molar-refractivity contribution in [2.45, 2.75) is 13.8 Å². The molecule has 0 aliphatic rings. The molecule has 5 nitrogen and oxygen atoms in total. The van der Waals surface area contributed by atoms with Gasteiger partial charge in [-0.3, -0.25) is 9.78 Å². The molecule has 74 valence electrons. The number of aryl methyl sites for hydroxylation is 2. The molecule has 0 saturated carbocycles. The molecule has 5 heteroatoms. The van der Waals surface area contributed by atoms with Crippen LogP contribution < -0.4 is 5.73 Å². The van der Waals surface area contributed by atoms with E-state index in [0.29, 0.717) is 5.82 Å². The Kier molecular flexibility index (Phi) is 1.80. The molecule has 3 N–H and O–H groups in total. The average molecular weight is 191 g/mol. The maximum Gasteiger partial charge on any atom is 0.145 e. The summed E-state index contributed by atoms with van der Waals surface area (Å²) in [6.07, 6.45) is 0. The summed E-state index contributed by atoms with van der Waals surface area (Å²) in [7, 11) is 1.92. The lowest BCUT2D eigenvalue weighted by molar-refractivity contribution is 0.731. The maximum atomic E-state index is 5.55. The first kappa shape index (κ1) is 8.80. The van der Waals surface area contributed by atoms with E-state index >= 15 is 0 Å². The van der Waals surface area contributed by atoms with Crippen LogP contribution in [0.4, 0.5) is 5.82 Å². The van der Waals surface area contributed by atoms with Gasteiger partial charge in [-0.25, -0.2) is 0 Å². The van der Waals surface area contributed by atoms with E-state index in [2.05, 4.69) is 15.3 Å². The summed E-state index contributed by atoms with van der Waals surface area (Å²) in [5.74, 6) is 0.502. The van der Waals surface area contributed by atoms with Gasteiger partial charge in [0.1, 0.15) is 5.82 Å². The van der Waals surface area contributed by atoms with Gasteiger partial charge in [0.15, 0.2) is 0 Å². The number of hydrogen-bond acceptors (Lipinski definition) is 3. The average Bonchev–Trinajstić information content (AvgIpc) is 2.60. The number of rotatable bonds is 1. The second-order valence-corrected chi connectivity index (χ2v) is 3.38. The minimum atomic E-state index is 0.502. The van der Waals surface area contributed by atoms with Crippen LogP contribution in [0.3, 0.4) is 0 Å². The molecular formula is C9H13N5. The SMILES string of the molecule is Cc1nn(C)c(C)c1-c1cc(N)n[nH]1. The van der Waals surface area contributed by atoms with Gasteiger partial charge in [0.25, 0.3) is 0 Å². The fourth-order valence-electron chi connectivity index (χ4n) is 1.63. The van der Waals surface area contributed by atoms with Crippen molar-refractivity contribution in [2.24, 2.45) is 7.05 Å². The van der Waals surface area contributed by atoms with E-state index in [1.807, 2.05) is 31.6 Å². The van der Waals surface area contributed by atoms with Gasteiger partial charge < -0.3 is 5.73 Å². The standard InChI is InChI=1S/C9H13N5/c1-5-9(6(2)14(3)13-5)7-4-8(10)12-11-7/h4H,1-3H3,(H3,10,11,12). The second kappa shape index (κ2) is 2.87. The van der Waals surface area contributed by atoms with Crippen molar-refractivity contribution in [1.82, 2.24) is 20.0 Å². The van der Waals surface area contributed by atoms with Crippen LogP contribution in [-0.2, 0) is 7.05 Å². The molecule has 0 fully saturated rings. The summed E-state index contributed by atoms with van der Waals surface area (Å²) in [6, 6.07) is 1.82. The number of nitrogen functional groups attached to an aromatic ring is 1. The third-order valence-electron chi connectivity index (χ3n) is 2.38. The Labute approximate surface area is 81.9 Å². The number of aromatic amines is 1. The monoisotopic (exact) mass is 191 g/mol. The van der Waals surface area contributed by atoms with Crippen LogP contribution in [0.2, 0.25) is 0 Å². The maximum absolute atomic E-state index is 5.55. The van der Waals surface area contributed by atoms with Gasteiger partial charge in [-0.05, 0) is 13.8 Å². The number of nitrogens with zero attached hydrogens (tertiary/aromatic N) is 3. The molecule has 0 saturated heterocycles. The fourth-order valence-corrected chi connectivity index (χ4v) is 1.63. The lowest BCUT2D eigenvalue weighted by Crippen LogP contribution is -1.92. The summed E-state index contributed by atoms with van der Waals surface area (Å²) in [5, 5.41) is 11.1. The van der Waals surface area contributed by atoms with Gasteiger partial charge in [-0.15, -0.1) is 0 Å². The number of hydrogen-bond donors (Lipinski definition) is 2. The van der Waals surface area contributed by atoms with Crippen molar-refractivity contribution in [1.29, 1.82) is 0 Å². The van der Waals surface area contributed by atoms with E-state index in [1.165, 1.54) is 0 Å². The van der Waals surface area contributed by atoms with Crippen LogP contribution in [0.5, 0.6) is 0 Å². The van der Waals surface area contributed by atoms with Gasteiger partial charge in [0.2, 0.25) is 0 Å². The molecule has 14 heavy (non-hydrogen) atoms. The molecule has 0 radical (unpaired) electrons. The van der Waals surface area contributed by atoms with Crippen molar-refractivity contribution >= 4 is 5.82 Å². The third kappa shape index (κ3) is 1.17. The molecule has 0 aliphatic heterocycles. The summed E-state index contributed by atoms with van der Waals surface area (Å²) in [6.45, 7) is 3.99. The molecule has 2 aromatic rings. The lowest BCUT2D eigenvalue weighted by Gasteiger charge is -1.96. The number of aromatic nitrogens is 4. The van der Waals surface area contributed by atoms with E-state index in [9.17, 15) is 0 Å². The molecule has 0 aromatic carbocycles. The second-order valence-electron chi connectivity index (χ2n) is 3.38. The highest BCUT2D eigenvalue weighted by molar-refractivity contribution is 5.66. The van der Waals surface area contributed by atoms with E-state index in [4.69, 9.17) is 5.73 Å². The Morgan fingerprint density at radius 3 is 2.57 bits per heavy atom. The molecule has 2 aromatic heterocycles. The Morgan fingerprint density at radius 2 is 2.14 bits per heavy atom. The molecule has 2 rings (SSSR count). The number of nitrogens with two attached hydrogens (primary N) is 1. The summed E-state index contributed by atoms with van der Waals surface area (Å²) >= 11 is 0. The molecule has 0 bridgehead atoms. The fraction of sp³-hybridized carbons (Fsp3) is 0.333. The highest BCUT2D eigenvalue weighted by atomic mass is 15.3. The van der Waals surface area contributed by atoms with Crippen molar-refractivity contribution in [2.75, 3.05) is 5.73 Å². The lowest BCUT2D eigenvalue weighted by atomic mass is 10.1. The van der Waals surface area contributed by atoms with Crippen LogP contribution >= 0.6 is 0 Å². The van der Waals surface area contributed by atoms with Gasteiger partial charge >= 0.3 is 0 Å². The van der Waals surface area contributed by atoms with Crippen LogP contribution in [0.25, 0.3) is 11.3 Å². The first-order chi connectivity index (χ1) is 6.59. The largest absolute Gasteiger partial charge is 0.382 e. The molecular weight excluding hydrogens is 178 g/mol. The van der Waals surface area contributed by atoms with Gasteiger partial charge in [0.05, 0.1) is 11.4 Å². The van der Waals surface area contributed by atoms with Crippen LogP contribution in [0.1, 0.15) is 11.4 Å². The number of H-pyrrole nitrogens is 1. The topological polar surface area (TPSA) is 72.5 Å². The molecule has 0 spiro atoms. The van der Waals surface area contributed by atoms with E-state index < -0.39 is 0 Å². The number of nitrogens with one attached hydrogen (secondary N) is 1. The Balaban J connectivity index is 2.61. The van der Waals surface area contributed by atoms with Gasteiger partial charge in [-0.2, -0.15) is 10.2 Å². The minimum absolute atomic E-state index is 0.502. The Bertz CT molecular complexity index is 466. The van der Waals surface area contributed by atoms with Crippen LogP contribution in [0, 0.1) is 13.8 Å². The first-order valence-electron chi connectivity index (χ1n) is 4.41. The summed E-state index contributed by atoms with van der Waals surface area (Å²) in [5.41, 5.74) is 9.64. The van der Waals surface area contributed by atoms with E-state index in [0.717, 1.165) is 22.6 Å². The predicted molar refractivity (Wildman–Crippen MR) is 54.7 cm³/mol. The Morgan fingerprint density at radius 1 is 1.43 bits per heavy atom. The quantitative estimate of drug-likeness (QED) is 0.706. The van der Waals surface area contributed by atoms with Crippen molar-refractivity contribution in [3.8, 4) is 11.3 Å². The van der Waals surface area contributed by atoms with Crippen molar-refractivity contribution in [3.63, 3.8) is 0 Å². The molecule has 0 amide bonds. The van der Waals surface area contributed by atoms with Crippen molar-refractivity contribution < 1.29 is 0 Å². The normalized spacial score (nSPS) is 10.8. The zero-order chi connectivity index (χ0) is 10.3. The van der Waals surface area contributed by atoms with Crippen LogP contribution in [0.15, 0.2) is 6.07 Å².